The molecule has 1 N–H and O–H groups in total. The van der Waals surface area contributed by atoms with Gasteiger partial charge in [-0.2, -0.15) is 0 Å². The van der Waals surface area contributed by atoms with Crippen LogP contribution in [0.4, 0.5) is 9.52 Å². The number of halogens is 1. The van der Waals surface area contributed by atoms with Crippen molar-refractivity contribution in [3.8, 4) is 16.3 Å². The molecule has 3 aromatic carbocycles. The molecular weight excluding hydrogens is 479 g/mol. The molecule has 7 nitrogen and oxygen atoms in total. The number of methoxy groups -OCH3 is 1. The minimum atomic E-state index is -0.351. The molecule has 4 rings (SSSR count). The second kappa shape index (κ2) is 12.0. The average Bonchev–Trinajstić information content (AvgIpc) is 3.36. The van der Waals surface area contributed by atoms with Gasteiger partial charge in [0.2, 0.25) is 16.9 Å². The molecular formula is C27H25FN4O3S. The van der Waals surface area contributed by atoms with E-state index in [0.29, 0.717) is 22.2 Å². The molecule has 1 aromatic heterocycles. The van der Waals surface area contributed by atoms with E-state index in [-0.39, 0.29) is 37.0 Å². The van der Waals surface area contributed by atoms with Gasteiger partial charge in [0.15, 0.2) is 0 Å². The molecule has 0 saturated carbocycles. The lowest BCUT2D eigenvalue weighted by atomic mass is 10.1. The summed E-state index contributed by atoms with van der Waals surface area (Å²) in [6.07, 6.45) is 0.218. The summed E-state index contributed by atoms with van der Waals surface area (Å²) in [4.78, 5) is 27.3. The fourth-order valence-electron chi connectivity index (χ4n) is 3.53. The Hall–Kier alpha value is -4.11. The third-order valence-corrected chi connectivity index (χ3v) is 6.34. The predicted molar refractivity (Wildman–Crippen MR) is 137 cm³/mol. The number of amides is 2. The molecule has 0 aliphatic rings. The molecule has 1 heterocycles. The highest BCUT2D eigenvalue weighted by Crippen LogP contribution is 2.27. The highest BCUT2D eigenvalue weighted by Gasteiger charge is 2.17. The summed E-state index contributed by atoms with van der Waals surface area (Å²) in [5, 5.41) is 12.0. The van der Waals surface area contributed by atoms with Crippen molar-refractivity contribution in [2.45, 2.75) is 19.4 Å². The fraction of sp³-hybridized carbons (Fsp3) is 0.185. The number of hydrogen-bond acceptors (Lipinski definition) is 6. The number of benzene rings is 3. The highest BCUT2D eigenvalue weighted by atomic mass is 32.1. The van der Waals surface area contributed by atoms with Crippen LogP contribution in [0.1, 0.15) is 17.5 Å². The van der Waals surface area contributed by atoms with Crippen LogP contribution in [0.2, 0.25) is 0 Å². The molecule has 0 unspecified atom stereocenters. The van der Waals surface area contributed by atoms with Crippen LogP contribution in [-0.2, 0) is 22.6 Å². The number of carbonyl (C=O) groups is 2. The third-order valence-electron chi connectivity index (χ3n) is 5.45. The molecule has 2 amide bonds. The first-order valence-electron chi connectivity index (χ1n) is 11.3. The average molecular weight is 505 g/mol. The molecule has 0 atom stereocenters. The van der Waals surface area contributed by atoms with Crippen LogP contribution >= 0.6 is 11.3 Å². The zero-order valence-corrected chi connectivity index (χ0v) is 20.5. The van der Waals surface area contributed by atoms with Gasteiger partial charge in [-0.3, -0.25) is 9.59 Å². The van der Waals surface area contributed by atoms with Crippen LogP contribution < -0.4 is 10.1 Å². The molecule has 0 aliphatic heterocycles. The number of nitrogens with one attached hydrogen (secondary N) is 1. The molecule has 184 valence electrons. The van der Waals surface area contributed by atoms with Crippen molar-refractivity contribution in [2.24, 2.45) is 0 Å². The Morgan fingerprint density at radius 2 is 1.67 bits per heavy atom. The first-order valence-corrected chi connectivity index (χ1v) is 12.2. The minimum Gasteiger partial charge on any atom is -0.497 e. The molecule has 0 bridgehead atoms. The van der Waals surface area contributed by atoms with E-state index in [2.05, 4.69) is 15.5 Å². The summed E-state index contributed by atoms with van der Waals surface area (Å²) in [6, 6.07) is 22.8. The summed E-state index contributed by atoms with van der Waals surface area (Å²) in [5.74, 6) is -0.0160. The Morgan fingerprint density at radius 1 is 0.944 bits per heavy atom. The smallest absolute Gasteiger partial charge is 0.227 e. The van der Waals surface area contributed by atoms with E-state index in [0.717, 1.165) is 16.9 Å². The van der Waals surface area contributed by atoms with Crippen molar-refractivity contribution in [3.63, 3.8) is 0 Å². The van der Waals surface area contributed by atoms with Gasteiger partial charge in [-0.1, -0.05) is 53.8 Å². The number of ether oxygens (including phenoxy) is 1. The van der Waals surface area contributed by atoms with Gasteiger partial charge in [-0.25, -0.2) is 4.39 Å². The van der Waals surface area contributed by atoms with Crippen molar-refractivity contribution in [1.82, 2.24) is 15.1 Å². The Bertz CT molecular complexity index is 1290. The number of anilines is 1. The predicted octanol–water partition coefficient (Wildman–Crippen LogP) is 4.95. The van der Waals surface area contributed by atoms with Crippen molar-refractivity contribution in [3.05, 3.63) is 95.8 Å². The van der Waals surface area contributed by atoms with E-state index < -0.39 is 0 Å². The SMILES string of the molecule is COc1ccc(-c2nnc(NC(=O)CCN(Cc3ccccc3)C(=O)Cc3ccc(F)cc3)s2)cc1. The largest absolute Gasteiger partial charge is 0.497 e. The summed E-state index contributed by atoms with van der Waals surface area (Å²) < 4.78 is 18.4. The quantitative estimate of drug-likeness (QED) is 0.330. The van der Waals surface area contributed by atoms with E-state index in [1.807, 2.05) is 54.6 Å². The lowest BCUT2D eigenvalue weighted by molar-refractivity contribution is -0.131. The van der Waals surface area contributed by atoms with Gasteiger partial charge < -0.3 is 15.0 Å². The maximum absolute atomic E-state index is 13.2. The monoisotopic (exact) mass is 504 g/mol. The summed E-state index contributed by atoms with van der Waals surface area (Å²) >= 11 is 1.27. The number of aromatic nitrogens is 2. The Balaban J connectivity index is 1.37. The molecule has 9 heteroatoms. The van der Waals surface area contributed by atoms with E-state index in [4.69, 9.17) is 4.74 Å². The van der Waals surface area contributed by atoms with E-state index >= 15 is 0 Å². The van der Waals surface area contributed by atoms with Gasteiger partial charge in [0.05, 0.1) is 13.5 Å². The van der Waals surface area contributed by atoms with Gasteiger partial charge >= 0.3 is 0 Å². The van der Waals surface area contributed by atoms with Crippen LogP contribution in [0.5, 0.6) is 5.75 Å². The lowest BCUT2D eigenvalue weighted by Gasteiger charge is -2.23. The van der Waals surface area contributed by atoms with Gasteiger partial charge in [0, 0.05) is 25.1 Å². The van der Waals surface area contributed by atoms with Crippen LogP contribution in [0, 0.1) is 5.82 Å². The number of carbonyl (C=O) groups excluding carboxylic acids is 2. The second-order valence-corrected chi connectivity index (χ2v) is 9.02. The summed E-state index contributed by atoms with van der Waals surface area (Å²) in [5.41, 5.74) is 2.54. The van der Waals surface area contributed by atoms with E-state index in [1.165, 1.54) is 23.5 Å². The number of rotatable bonds is 10. The molecule has 0 saturated heterocycles. The van der Waals surface area contributed by atoms with Crippen LogP contribution in [0.3, 0.4) is 0 Å². The molecule has 0 aliphatic carbocycles. The van der Waals surface area contributed by atoms with Crippen LogP contribution in [0.15, 0.2) is 78.9 Å². The fourth-order valence-corrected chi connectivity index (χ4v) is 4.29. The highest BCUT2D eigenvalue weighted by molar-refractivity contribution is 7.18. The molecule has 36 heavy (non-hydrogen) atoms. The zero-order chi connectivity index (χ0) is 25.3. The maximum Gasteiger partial charge on any atom is 0.227 e. The first kappa shape index (κ1) is 25.0. The number of nitrogens with zero attached hydrogens (tertiary/aromatic N) is 3. The maximum atomic E-state index is 13.2. The minimum absolute atomic E-state index is 0.0967. The summed E-state index contributed by atoms with van der Waals surface area (Å²) in [6.45, 7) is 0.597. The van der Waals surface area contributed by atoms with Gasteiger partial charge in [-0.05, 0) is 47.5 Å². The van der Waals surface area contributed by atoms with Crippen molar-refractivity contribution in [1.29, 1.82) is 0 Å². The van der Waals surface area contributed by atoms with Crippen molar-refractivity contribution in [2.75, 3.05) is 19.0 Å². The van der Waals surface area contributed by atoms with Gasteiger partial charge in [0.25, 0.3) is 0 Å². The number of hydrogen-bond donors (Lipinski definition) is 1. The van der Waals surface area contributed by atoms with Crippen molar-refractivity contribution >= 4 is 28.3 Å². The summed E-state index contributed by atoms with van der Waals surface area (Å²) in [7, 11) is 1.60. The van der Waals surface area contributed by atoms with Gasteiger partial charge in [-0.15, -0.1) is 10.2 Å². The van der Waals surface area contributed by atoms with E-state index in [1.54, 1.807) is 24.1 Å². The normalized spacial score (nSPS) is 10.6. The molecule has 0 fully saturated rings. The first-order chi connectivity index (χ1) is 17.5. The Morgan fingerprint density at radius 3 is 2.36 bits per heavy atom. The van der Waals surface area contributed by atoms with Crippen molar-refractivity contribution < 1.29 is 18.7 Å². The van der Waals surface area contributed by atoms with Crippen LogP contribution in [-0.4, -0.2) is 40.6 Å². The standard InChI is InChI=1S/C27H25FN4O3S/c1-35-23-13-9-21(10-14-23)26-30-31-27(36-26)29-24(33)15-16-32(18-20-5-3-2-4-6-20)25(34)17-19-7-11-22(28)12-8-19/h2-14H,15-18H2,1H3,(H,29,31,33). The van der Waals surface area contributed by atoms with Crippen LogP contribution in [0.25, 0.3) is 10.6 Å². The lowest BCUT2D eigenvalue weighted by Crippen LogP contribution is -2.34. The molecule has 0 spiro atoms. The molecule has 4 aromatic rings. The topological polar surface area (TPSA) is 84.4 Å². The Kier molecular flexibility index (Phi) is 8.36. The zero-order valence-electron chi connectivity index (χ0n) is 19.7. The molecule has 0 radical (unpaired) electrons. The second-order valence-electron chi connectivity index (χ2n) is 8.04. The third kappa shape index (κ3) is 6.96. The van der Waals surface area contributed by atoms with Gasteiger partial charge in [0.1, 0.15) is 16.6 Å². The van der Waals surface area contributed by atoms with E-state index in [9.17, 15) is 14.0 Å². The Labute approximate surface area is 212 Å².